The molecule has 0 fully saturated rings. The van der Waals surface area contributed by atoms with E-state index in [0.29, 0.717) is 23.3 Å². The fourth-order valence-electron chi connectivity index (χ4n) is 3.27. The van der Waals surface area contributed by atoms with Crippen LogP contribution in [0.4, 0.5) is 10.2 Å². The molecule has 9 nitrogen and oxygen atoms in total. The minimum atomic E-state index is -4.17. The molecular formula is C20H19FN4O5S. The number of benzene rings is 2. The third-order valence-electron chi connectivity index (χ3n) is 4.76. The van der Waals surface area contributed by atoms with Crippen LogP contribution in [0, 0.1) is 12.7 Å². The second-order valence-electron chi connectivity index (χ2n) is 6.72. The van der Waals surface area contributed by atoms with Crippen LogP contribution in [0.1, 0.15) is 11.1 Å². The Hall–Kier alpha value is -3.60. The summed E-state index contributed by atoms with van der Waals surface area (Å²) in [5, 5.41) is 8.36. The molecule has 0 bridgehead atoms. The Morgan fingerprint density at radius 3 is 2.65 bits per heavy atom. The topological polar surface area (TPSA) is 108 Å². The van der Waals surface area contributed by atoms with Gasteiger partial charge in [-0.1, -0.05) is 5.16 Å². The van der Waals surface area contributed by atoms with Gasteiger partial charge in [0.1, 0.15) is 11.1 Å². The molecule has 31 heavy (non-hydrogen) atoms. The number of halogens is 1. The van der Waals surface area contributed by atoms with Gasteiger partial charge in [-0.25, -0.2) is 12.8 Å². The zero-order valence-electron chi connectivity index (χ0n) is 16.9. The summed E-state index contributed by atoms with van der Waals surface area (Å²) < 4.78 is 60.0. The molecule has 0 saturated carbocycles. The second kappa shape index (κ2) is 7.91. The van der Waals surface area contributed by atoms with Gasteiger partial charge in [-0.3, -0.25) is 9.40 Å². The molecule has 4 aromatic rings. The lowest BCUT2D eigenvalue weighted by Crippen LogP contribution is -2.15. The van der Waals surface area contributed by atoms with Crippen molar-refractivity contribution in [1.29, 1.82) is 0 Å². The first-order valence-electron chi connectivity index (χ1n) is 9.13. The first-order chi connectivity index (χ1) is 14.8. The minimum Gasteiger partial charge on any atom is -0.496 e. The maximum Gasteiger partial charge on any atom is 0.263 e. The van der Waals surface area contributed by atoms with Crippen LogP contribution in [0.15, 0.2) is 52.1 Å². The highest BCUT2D eigenvalue weighted by molar-refractivity contribution is 7.92. The van der Waals surface area contributed by atoms with Crippen LogP contribution in [0.2, 0.25) is 0 Å². The van der Waals surface area contributed by atoms with E-state index in [2.05, 4.69) is 15.0 Å². The number of ether oxygens (including phenoxy) is 2. The fraction of sp³-hybridized carbons (Fsp3) is 0.200. The van der Waals surface area contributed by atoms with Crippen molar-refractivity contribution in [1.82, 2.24) is 14.9 Å². The molecule has 11 heteroatoms. The van der Waals surface area contributed by atoms with Crippen LogP contribution in [0.25, 0.3) is 11.0 Å². The van der Waals surface area contributed by atoms with Gasteiger partial charge in [-0.05, 0) is 42.8 Å². The lowest BCUT2D eigenvalue weighted by molar-refractivity contribution is 0.384. The van der Waals surface area contributed by atoms with Gasteiger partial charge in [0.2, 0.25) is 0 Å². The molecule has 0 atom stereocenters. The maximum absolute atomic E-state index is 14.4. The summed E-state index contributed by atoms with van der Waals surface area (Å²) in [7, 11) is -1.40. The summed E-state index contributed by atoms with van der Waals surface area (Å²) in [5.74, 6) is -0.490. The van der Waals surface area contributed by atoms with E-state index < -0.39 is 15.8 Å². The number of hydrogen-bond donors (Lipinski definition) is 1. The van der Waals surface area contributed by atoms with Gasteiger partial charge >= 0.3 is 0 Å². The van der Waals surface area contributed by atoms with Crippen molar-refractivity contribution in [3.63, 3.8) is 0 Å². The first kappa shape index (κ1) is 20.7. The number of nitrogens with zero attached hydrogens (tertiary/aromatic N) is 3. The standard InChI is InChI=1S/C20H19FN4O5S/c1-12-17(6-5-14(28-2)19(12)21)31(26,27)24-20-18-15(29-3)9-13(10-16(18)30-23-20)11-25-8-4-7-22-25/h4-10H,11H2,1-3H3,(H,23,24). The Morgan fingerprint density at radius 2 is 1.97 bits per heavy atom. The summed E-state index contributed by atoms with van der Waals surface area (Å²) >= 11 is 0. The van der Waals surface area contributed by atoms with Crippen molar-refractivity contribution >= 4 is 26.8 Å². The minimum absolute atomic E-state index is 0.0466. The van der Waals surface area contributed by atoms with E-state index in [0.717, 1.165) is 5.56 Å². The van der Waals surface area contributed by atoms with E-state index in [1.54, 1.807) is 29.1 Å². The fourth-order valence-corrected chi connectivity index (χ4v) is 4.51. The van der Waals surface area contributed by atoms with Gasteiger partial charge < -0.3 is 14.0 Å². The van der Waals surface area contributed by atoms with E-state index in [4.69, 9.17) is 14.0 Å². The molecule has 162 valence electrons. The van der Waals surface area contributed by atoms with E-state index in [1.807, 2.05) is 6.20 Å². The molecule has 0 saturated heterocycles. The predicted octanol–water partition coefficient (Wildman–Crippen LogP) is 3.34. The third-order valence-corrected chi connectivity index (χ3v) is 6.25. The molecule has 2 aromatic heterocycles. The number of methoxy groups -OCH3 is 2. The molecule has 0 aliphatic heterocycles. The van der Waals surface area contributed by atoms with Crippen molar-refractivity contribution in [3.8, 4) is 11.5 Å². The van der Waals surface area contributed by atoms with Crippen LogP contribution in [0.3, 0.4) is 0 Å². The number of rotatable bonds is 7. The van der Waals surface area contributed by atoms with Crippen molar-refractivity contribution in [3.05, 3.63) is 59.7 Å². The monoisotopic (exact) mass is 446 g/mol. The zero-order chi connectivity index (χ0) is 22.2. The molecule has 0 spiro atoms. The van der Waals surface area contributed by atoms with Gasteiger partial charge in [0.25, 0.3) is 10.0 Å². The largest absolute Gasteiger partial charge is 0.496 e. The summed E-state index contributed by atoms with van der Waals surface area (Å²) in [4.78, 5) is -0.240. The third kappa shape index (κ3) is 3.79. The molecule has 0 aliphatic rings. The van der Waals surface area contributed by atoms with Gasteiger partial charge in [0.05, 0.1) is 25.7 Å². The van der Waals surface area contributed by atoms with Gasteiger partial charge in [0.15, 0.2) is 23.0 Å². The van der Waals surface area contributed by atoms with Crippen LogP contribution in [-0.2, 0) is 16.6 Å². The highest BCUT2D eigenvalue weighted by Crippen LogP contribution is 2.35. The van der Waals surface area contributed by atoms with Crippen molar-refractivity contribution in [2.75, 3.05) is 18.9 Å². The number of fused-ring (bicyclic) bond motifs is 1. The Kier molecular flexibility index (Phi) is 5.27. The molecule has 4 rings (SSSR count). The summed E-state index contributed by atoms with van der Waals surface area (Å²) in [6.07, 6.45) is 3.48. The Morgan fingerprint density at radius 1 is 1.19 bits per heavy atom. The van der Waals surface area contributed by atoms with Crippen LogP contribution in [0.5, 0.6) is 11.5 Å². The van der Waals surface area contributed by atoms with E-state index in [1.165, 1.54) is 33.3 Å². The average Bonchev–Trinajstić information content (AvgIpc) is 3.39. The normalized spacial score (nSPS) is 11.6. The quantitative estimate of drug-likeness (QED) is 0.464. The number of anilines is 1. The molecule has 0 amide bonds. The van der Waals surface area contributed by atoms with Crippen LogP contribution >= 0.6 is 0 Å². The number of hydrogen-bond acceptors (Lipinski definition) is 7. The molecule has 0 radical (unpaired) electrons. The molecular weight excluding hydrogens is 427 g/mol. The van der Waals surface area contributed by atoms with Crippen molar-refractivity contribution < 1.29 is 26.8 Å². The van der Waals surface area contributed by atoms with E-state index in [9.17, 15) is 12.8 Å². The molecule has 2 aromatic carbocycles. The SMILES string of the molecule is COc1ccc(S(=O)(=O)Nc2noc3cc(Cn4cccn4)cc(OC)c23)c(C)c1F. The van der Waals surface area contributed by atoms with Crippen molar-refractivity contribution in [2.24, 2.45) is 0 Å². The number of sulfonamides is 1. The smallest absolute Gasteiger partial charge is 0.263 e. The Balaban J connectivity index is 1.72. The van der Waals surface area contributed by atoms with E-state index >= 15 is 0 Å². The summed E-state index contributed by atoms with van der Waals surface area (Å²) in [6.45, 7) is 1.82. The average molecular weight is 446 g/mol. The predicted molar refractivity (Wildman–Crippen MR) is 110 cm³/mol. The molecule has 0 unspecified atom stereocenters. The lowest BCUT2D eigenvalue weighted by Gasteiger charge is -2.12. The highest BCUT2D eigenvalue weighted by atomic mass is 32.2. The van der Waals surface area contributed by atoms with Crippen molar-refractivity contribution in [2.45, 2.75) is 18.4 Å². The van der Waals surface area contributed by atoms with Gasteiger partial charge in [0, 0.05) is 18.0 Å². The molecule has 1 N–H and O–H groups in total. The van der Waals surface area contributed by atoms with E-state index in [-0.39, 0.29) is 22.0 Å². The zero-order valence-corrected chi connectivity index (χ0v) is 17.7. The second-order valence-corrected chi connectivity index (χ2v) is 8.37. The Bertz CT molecular complexity index is 1350. The lowest BCUT2D eigenvalue weighted by atomic mass is 10.1. The highest BCUT2D eigenvalue weighted by Gasteiger charge is 2.25. The summed E-state index contributed by atoms with van der Waals surface area (Å²) in [6, 6.07) is 7.79. The van der Waals surface area contributed by atoms with Gasteiger partial charge in [-0.2, -0.15) is 5.10 Å². The van der Waals surface area contributed by atoms with Crippen LogP contribution in [-0.4, -0.2) is 37.6 Å². The Labute approximate surface area is 177 Å². The van der Waals surface area contributed by atoms with Crippen LogP contribution < -0.4 is 14.2 Å². The molecule has 0 aliphatic carbocycles. The van der Waals surface area contributed by atoms with Gasteiger partial charge in [-0.15, -0.1) is 0 Å². The first-order valence-corrected chi connectivity index (χ1v) is 10.6. The number of nitrogens with one attached hydrogen (secondary N) is 1. The molecule has 2 heterocycles. The number of aromatic nitrogens is 3. The maximum atomic E-state index is 14.4. The summed E-state index contributed by atoms with van der Waals surface area (Å²) in [5.41, 5.74) is 1.08.